The maximum Gasteiger partial charge on any atom is 0.192 e. The highest BCUT2D eigenvalue weighted by atomic mass is 16.7. The molecule has 0 spiro atoms. The van der Waals surface area contributed by atoms with Crippen molar-refractivity contribution in [1.82, 2.24) is 0 Å². The van der Waals surface area contributed by atoms with Crippen molar-refractivity contribution in [3.8, 4) is 0 Å². The first-order valence-corrected chi connectivity index (χ1v) is 6.98. The average molecular weight is 278 g/mol. The third-order valence-electron chi connectivity index (χ3n) is 3.97. The Labute approximate surface area is 122 Å². The lowest BCUT2D eigenvalue weighted by molar-refractivity contribution is 0.0425. The molecule has 0 amide bonds. The van der Waals surface area contributed by atoms with E-state index in [9.17, 15) is 4.79 Å². The summed E-state index contributed by atoms with van der Waals surface area (Å²) in [6.45, 7) is 0.225. The zero-order chi connectivity index (χ0) is 14.2. The highest BCUT2D eigenvalue weighted by Crippen LogP contribution is 2.41. The average Bonchev–Trinajstić information content (AvgIpc) is 3.02. The van der Waals surface area contributed by atoms with Gasteiger partial charge in [0.25, 0.3) is 0 Å². The lowest BCUT2D eigenvalue weighted by Crippen LogP contribution is -2.30. The summed E-state index contributed by atoms with van der Waals surface area (Å²) in [5.74, 6) is 0.0289. The predicted octanol–water partition coefficient (Wildman–Crippen LogP) is 3.38. The molecule has 1 aliphatic carbocycles. The fourth-order valence-corrected chi connectivity index (χ4v) is 2.98. The Morgan fingerprint density at radius 1 is 0.905 bits per heavy atom. The van der Waals surface area contributed by atoms with E-state index in [-0.39, 0.29) is 24.8 Å². The van der Waals surface area contributed by atoms with Crippen molar-refractivity contribution in [3.05, 3.63) is 76.9 Å². The minimum Gasteiger partial charge on any atom is -0.344 e. The molecule has 0 bridgehead atoms. The first kappa shape index (κ1) is 12.5. The minimum absolute atomic E-state index is 0.0289. The molecular formula is C18H14O3. The summed E-state index contributed by atoms with van der Waals surface area (Å²) in [5, 5.41) is 0. The van der Waals surface area contributed by atoms with E-state index in [2.05, 4.69) is 0 Å². The third-order valence-corrected chi connectivity index (χ3v) is 3.97. The molecule has 3 nitrogen and oxygen atoms in total. The molecule has 0 radical (unpaired) electrons. The number of benzene rings is 2. The van der Waals surface area contributed by atoms with Gasteiger partial charge in [-0.1, -0.05) is 54.6 Å². The summed E-state index contributed by atoms with van der Waals surface area (Å²) in [6, 6.07) is 17.4. The topological polar surface area (TPSA) is 35.5 Å². The molecular weight excluding hydrogens is 264 g/mol. The van der Waals surface area contributed by atoms with Crippen molar-refractivity contribution in [1.29, 1.82) is 0 Å². The zero-order valence-corrected chi connectivity index (χ0v) is 11.4. The molecule has 1 fully saturated rings. The van der Waals surface area contributed by atoms with E-state index in [4.69, 9.17) is 9.47 Å². The predicted molar refractivity (Wildman–Crippen MR) is 78.8 cm³/mol. The van der Waals surface area contributed by atoms with Crippen LogP contribution in [0.2, 0.25) is 0 Å². The van der Waals surface area contributed by atoms with Crippen molar-refractivity contribution in [3.63, 3.8) is 0 Å². The lowest BCUT2D eigenvalue weighted by atomic mass is 9.82. The van der Waals surface area contributed by atoms with Gasteiger partial charge in [0.1, 0.15) is 19.0 Å². The summed E-state index contributed by atoms with van der Waals surface area (Å²) in [4.78, 5) is 12.8. The summed E-state index contributed by atoms with van der Waals surface area (Å²) in [6.07, 6.45) is 1.41. The number of Topliss-reactive ketones (excluding diaryl/α,β-unsaturated/α-hetero) is 1. The molecule has 21 heavy (non-hydrogen) atoms. The molecule has 104 valence electrons. The van der Waals surface area contributed by atoms with Crippen LogP contribution >= 0.6 is 0 Å². The number of ketones is 1. The Morgan fingerprint density at radius 2 is 1.62 bits per heavy atom. The van der Waals surface area contributed by atoms with Crippen LogP contribution in [0, 0.1) is 0 Å². The summed E-state index contributed by atoms with van der Waals surface area (Å²) >= 11 is 0. The highest BCUT2D eigenvalue weighted by Gasteiger charge is 2.42. The van der Waals surface area contributed by atoms with Gasteiger partial charge in [-0.3, -0.25) is 4.79 Å². The quantitative estimate of drug-likeness (QED) is 0.750. The van der Waals surface area contributed by atoms with Gasteiger partial charge in [-0.2, -0.15) is 0 Å². The standard InChI is InChI=1S/C18H14O3/c19-16-13-8-4-5-9-14(13)17-18(21-11-20-17)15(16)10-12-6-2-1-3-7-12/h1-10,17-18H,11H2. The van der Waals surface area contributed by atoms with Gasteiger partial charge < -0.3 is 9.47 Å². The monoisotopic (exact) mass is 278 g/mol. The second kappa shape index (κ2) is 4.95. The molecule has 0 saturated carbocycles. The van der Waals surface area contributed by atoms with Crippen LogP contribution in [0.1, 0.15) is 27.6 Å². The van der Waals surface area contributed by atoms with E-state index >= 15 is 0 Å². The SMILES string of the molecule is O=C1C(=Cc2ccccc2)C2OCOC2c2ccccc21. The molecule has 0 N–H and O–H groups in total. The van der Waals surface area contributed by atoms with Gasteiger partial charge in [-0.25, -0.2) is 0 Å². The van der Waals surface area contributed by atoms with Crippen LogP contribution in [-0.4, -0.2) is 18.7 Å². The van der Waals surface area contributed by atoms with Gasteiger partial charge >= 0.3 is 0 Å². The van der Waals surface area contributed by atoms with Gasteiger partial charge in [-0.15, -0.1) is 0 Å². The molecule has 4 rings (SSSR count). The van der Waals surface area contributed by atoms with Crippen LogP contribution in [0.5, 0.6) is 0 Å². The van der Waals surface area contributed by atoms with Crippen LogP contribution in [0.3, 0.4) is 0 Å². The number of hydrogen-bond acceptors (Lipinski definition) is 3. The molecule has 2 aliphatic rings. The largest absolute Gasteiger partial charge is 0.344 e. The van der Waals surface area contributed by atoms with Gasteiger partial charge in [0.05, 0.1) is 0 Å². The molecule has 1 saturated heterocycles. The lowest BCUT2D eigenvalue weighted by Gasteiger charge is -2.27. The molecule has 0 aromatic heterocycles. The summed E-state index contributed by atoms with van der Waals surface area (Å²) in [5.41, 5.74) is 3.30. The first-order valence-electron chi connectivity index (χ1n) is 6.98. The maximum absolute atomic E-state index is 12.8. The number of hydrogen-bond donors (Lipinski definition) is 0. The number of carbonyl (C=O) groups is 1. The van der Waals surface area contributed by atoms with E-state index in [1.807, 2.05) is 60.7 Å². The molecule has 1 aliphatic heterocycles. The van der Waals surface area contributed by atoms with Gasteiger partial charge in [0.15, 0.2) is 5.78 Å². The van der Waals surface area contributed by atoms with E-state index in [0.717, 1.165) is 11.1 Å². The van der Waals surface area contributed by atoms with Gasteiger partial charge in [0.2, 0.25) is 0 Å². The minimum atomic E-state index is -0.312. The Balaban J connectivity index is 1.85. The van der Waals surface area contributed by atoms with Crippen LogP contribution in [0.15, 0.2) is 60.2 Å². The molecule has 2 atom stereocenters. The van der Waals surface area contributed by atoms with E-state index in [1.54, 1.807) is 0 Å². The van der Waals surface area contributed by atoms with Crippen molar-refractivity contribution >= 4 is 11.9 Å². The molecule has 2 aromatic rings. The Hall–Kier alpha value is -2.23. The first-order chi connectivity index (χ1) is 10.3. The third kappa shape index (κ3) is 2.02. The summed E-state index contributed by atoms with van der Waals surface area (Å²) in [7, 11) is 0. The van der Waals surface area contributed by atoms with Crippen LogP contribution < -0.4 is 0 Å². The van der Waals surface area contributed by atoms with Crippen molar-refractivity contribution < 1.29 is 14.3 Å². The molecule has 2 unspecified atom stereocenters. The van der Waals surface area contributed by atoms with Gasteiger partial charge in [-0.05, 0) is 17.2 Å². The van der Waals surface area contributed by atoms with Crippen LogP contribution in [0.4, 0.5) is 0 Å². The zero-order valence-electron chi connectivity index (χ0n) is 11.4. The molecule has 3 heteroatoms. The van der Waals surface area contributed by atoms with E-state index < -0.39 is 0 Å². The molecule has 1 heterocycles. The van der Waals surface area contributed by atoms with Crippen LogP contribution in [0.25, 0.3) is 6.08 Å². The summed E-state index contributed by atoms with van der Waals surface area (Å²) < 4.78 is 11.3. The van der Waals surface area contributed by atoms with Crippen molar-refractivity contribution in [2.45, 2.75) is 12.2 Å². The van der Waals surface area contributed by atoms with Gasteiger partial charge in [0, 0.05) is 11.1 Å². The maximum atomic E-state index is 12.8. The highest BCUT2D eigenvalue weighted by molar-refractivity contribution is 6.14. The fraction of sp³-hybridized carbons (Fsp3) is 0.167. The number of fused-ring (bicyclic) bond motifs is 3. The number of ether oxygens (including phenoxy) is 2. The Kier molecular flexibility index (Phi) is 2.95. The smallest absolute Gasteiger partial charge is 0.192 e. The number of carbonyl (C=O) groups excluding carboxylic acids is 1. The fourth-order valence-electron chi connectivity index (χ4n) is 2.98. The normalized spacial score (nSPS) is 25.7. The second-order valence-corrected chi connectivity index (χ2v) is 5.22. The molecule has 2 aromatic carbocycles. The Bertz CT molecular complexity index is 718. The van der Waals surface area contributed by atoms with Crippen molar-refractivity contribution in [2.24, 2.45) is 0 Å². The second-order valence-electron chi connectivity index (χ2n) is 5.22. The van der Waals surface area contributed by atoms with E-state index in [0.29, 0.717) is 11.1 Å². The van der Waals surface area contributed by atoms with Crippen LogP contribution in [-0.2, 0) is 9.47 Å². The van der Waals surface area contributed by atoms with E-state index in [1.165, 1.54) is 0 Å². The Morgan fingerprint density at radius 3 is 2.48 bits per heavy atom. The number of rotatable bonds is 1. The van der Waals surface area contributed by atoms with Crippen molar-refractivity contribution in [2.75, 3.05) is 6.79 Å².